The summed E-state index contributed by atoms with van der Waals surface area (Å²) in [5, 5.41) is 6.77. The second-order valence-corrected chi connectivity index (χ2v) is 7.29. The van der Waals surface area contributed by atoms with E-state index >= 15 is 0 Å². The molecule has 1 N–H and O–H groups in total. The third kappa shape index (κ3) is 4.18. The van der Waals surface area contributed by atoms with E-state index in [2.05, 4.69) is 54.0 Å². The molecule has 2 heterocycles. The molecule has 27 heavy (non-hydrogen) atoms. The first kappa shape index (κ1) is 17.7. The molecule has 0 radical (unpaired) electrons. The van der Waals surface area contributed by atoms with Crippen molar-refractivity contribution in [2.24, 2.45) is 0 Å². The molecule has 2 aromatic heterocycles. The van der Waals surface area contributed by atoms with Gasteiger partial charge in [-0.15, -0.1) is 11.3 Å². The van der Waals surface area contributed by atoms with Gasteiger partial charge in [0.15, 0.2) is 0 Å². The number of hydrogen-bond donors (Lipinski definition) is 1. The number of aromatic nitrogens is 1. The molecule has 2 aromatic carbocycles. The van der Waals surface area contributed by atoms with Crippen LogP contribution in [0.5, 0.6) is 0 Å². The van der Waals surface area contributed by atoms with E-state index in [1.54, 1.807) is 17.6 Å². The third-order valence-corrected chi connectivity index (χ3v) is 5.55. The van der Waals surface area contributed by atoms with Crippen molar-refractivity contribution in [1.29, 1.82) is 0 Å². The van der Waals surface area contributed by atoms with Crippen molar-refractivity contribution >= 4 is 11.3 Å². The molecule has 0 amide bonds. The Labute approximate surface area is 163 Å². The lowest BCUT2D eigenvalue weighted by atomic mass is 10.0. The van der Waals surface area contributed by atoms with E-state index in [9.17, 15) is 0 Å². The van der Waals surface area contributed by atoms with E-state index < -0.39 is 0 Å². The number of benzene rings is 2. The Morgan fingerprint density at radius 2 is 1.81 bits per heavy atom. The zero-order chi connectivity index (χ0) is 18.5. The number of aryl methyl sites for hydroxylation is 1. The molecular formula is C23H22N2OS. The van der Waals surface area contributed by atoms with Gasteiger partial charge in [0.25, 0.3) is 0 Å². The molecule has 1 atom stereocenters. The minimum Gasteiger partial charge on any atom is -0.467 e. The molecule has 3 nitrogen and oxygen atoms in total. The third-order valence-electron chi connectivity index (χ3n) is 4.61. The maximum Gasteiger partial charge on any atom is 0.125 e. The van der Waals surface area contributed by atoms with E-state index in [1.807, 2.05) is 30.3 Å². The van der Waals surface area contributed by atoms with Gasteiger partial charge in [-0.2, -0.15) is 0 Å². The normalized spacial score (nSPS) is 12.2. The highest BCUT2D eigenvalue weighted by Crippen LogP contribution is 2.26. The van der Waals surface area contributed by atoms with E-state index in [0.717, 1.165) is 22.9 Å². The molecule has 0 saturated carbocycles. The minimum absolute atomic E-state index is 0.00943. The molecule has 0 unspecified atom stereocenters. The number of nitrogens with zero attached hydrogens (tertiary/aromatic N) is 1. The van der Waals surface area contributed by atoms with Crippen molar-refractivity contribution in [3.63, 3.8) is 0 Å². The number of rotatable bonds is 7. The van der Waals surface area contributed by atoms with Crippen LogP contribution in [0.2, 0.25) is 0 Å². The minimum atomic E-state index is 0.00943. The molecule has 0 spiro atoms. The average molecular weight is 375 g/mol. The molecule has 4 heteroatoms. The van der Waals surface area contributed by atoms with Crippen LogP contribution in [0.25, 0.3) is 10.6 Å². The summed E-state index contributed by atoms with van der Waals surface area (Å²) in [6, 6.07) is 23.0. The second-order valence-electron chi connectivity index (χ2n) is 6.43. The number of furan rings is 1. The van der Waals surface area contributed by atoms with E-state index in [-0.39, 0.29) is 6.04 Å². The first-order valence-corrected chi connectivity index (χ1v) is 10.1. The van der Waals surface area contributed by atoms with E-state index in [4.69, 9.17) is 9.40 Å². The Morgan fingerprint density at radius 3 is 2.52 bits per heavy atom. The summed E-state index contributed by atoms with van der Waals surface area (Å²) < 4.78 is 5.65. The Hall–Kier alpha value is -2.69. The van der Waals surface area contributed by atoms with Crippen molar-refractivity contribution in [2.45, 2.75) is 25.9 Å². The summed E-state index contributed by atoms with van der Waals surface area (Å²) in [4.78, 5) is 4.81. The molecule has 0 saturated heterocycles. The highest BCUT2D eigenvalue weighted by Gasteiger charge is 2.16. The SMILES string of the molecule is CCc1ccc(-c2nc(CN[C@@H](c3ccccc3)c3ccco3)cs2)cc1. The van der Waals surface area contributed by atoms with Crippen LogP contribution in [-0.2, 0) is 13.0 Å². The second kappa shape index (κ2) is 8.33. The predicted molar refractivity (Wildman–Crippen MR) is 111 cm³/mol. The topological polar surface area (TPSA) is 38.1 Å². The fourth-order valence-electron chi connectivity index (χ4n) is 3.09. The monoisotopic (exact) mass is 374 g/mol. The lowest BCUT2D eigenvalue weighted by Crippen LogP contribution is -2.21. The van der Waals surface area contributed by atoms with Gasteiger partial charge in [0.1, 0.15) is 10.8 Å². The number of hydrogen-bond acceptors (Lipinski definition) is 4. The van der Waals surface area contributed by atoms with E-state index in [1.165, 1.54) is 16.7 Å². The largest absolute Gasteiger partial charge is 0.467 e. The maximum atomic E-state index is 5.65. The molecule has 136 valence electrons. The van der Waals surface area contributed by atoms with Crippen molar-refractivity contribution in [1.82, 2.24) is 10.3 Å². The van der Waals surface area contributed by atoms with Crippen LogP contribution >= 0.6 is 11.3 Å². The van der Waals surface area contributed by atoms with Crippen LogP contribution in [0, 0.1) is 0 Å². The van der Waals surface area contributed by atoms with Crippen molar-refractivity contribution in [3.05, 3.63) is 101 Å². The molecule has 0 aliphatic heterocycles. The quantitative estimate of drug-likeness (QED) is 0.441. The standard InChI is InChI=1S/C23H22N2OS/c1-2-17-10-12-19(13-11-17)23-25-20(16-27-23)15-24-22(21-9-6-14-26-21)18-7-4-3-5-8-18/h3-14,16,22,24H,2,15H2,1H3/t22-/m0/s1. The summed E-state index contributed by atoms with van der Waals surface area (Å²) in [5.74, 6) is 0.909. The lowest BCUT2D eigenvalue weighted by molar-refractivity contribution is 0.444. The fraction of sp³-hybridized carbons (Fsp3) is 0.174. The van der Waals surface area contributed by atoms with Gasteiger partial charge in [-0.1, -0.05) is 61.5 Å². The number of thiazole rings is 1. The molecular weight excluding hydrogens is 352 g/mol. The zero-order valence-electron chi connectivity index (χ0n) is 15.3. The summed E-state index contributed by atoms with van der Waals surface area (Å²) in [7, 11) is 0. The zero-order valence-corrected chi connectivity index (χ0v) is 16.1. The smallest absolute Gasteiger partial charge is 0.125 e. The Balaban J connectivity index is 1.49. The van der Waals surface area contributed by atoms with Gasteiger partial charge in [0.2, 0.25) is 0 Å². The van der Waals surface area contributed by atoms with Crippen LogP contribution < -0.4 is 5.32 Å². The van der Waals surface area contributed by atoms with Crippen LogP contribution in [0.4, 0.5) is 0 Å². The number of nitrogens with one attached hydrogen (secondary N) is 1. The summed E-state index contributed by atoms with van der Waals surface area (Å²) >= 11 is 1.69. The van der Waals surface area contributed by atoms with Crippen molar-refractivity contribution in [2.75, 3.05) is 0 Å². The van der Waals surface area contributed by atoms with Crippen LogP contribution in [0.1, 0.15) is 35.5 Å². The van der Waals surface area contributed by atoms with Gasteiger partial charge in [-0.3, -0.25) is 5.32 Å². The van der Waals surface area contributed by atoms with Gasteiger partial charge in [0, 0.05) is 17.5 Å². The molecule has 0 bridgehead atoms. The van der Waals surface area contributed by atoms with E-state index in [0.29, 0.717) is 6.54 Å². The highest BCUT2D eigenvalue weighted by atomic mass is 32.1. The molecule has 4 aromatic rings. The Bertz CT molecular complexity index is 959. The molecule has 0 aliphatic rings. The van der Waals surface area contributed by atoms with Crippen molar-refractivity contribution < 1.29 is 4.42 Å². The van der Waals surface area contributed by atoms with Crippen LogP contribution in [0.15, 0.2) is 82.8 Å². The van der Waals surface area contributed by atoms with Gasteiger partial charge in [0.05, 0.1) is 18.0 Å². The van der Waals surface area contributed by atoms with Gasteiger partial charge in [-0.05, 0) is 29.7 Å². The predicted octanol–water partition coefficient (Wildman–Crippen LogP) is 5.84. The fourth-order valence-corrected chi connectivity index (χ4v) is 3.92. The highest BCUT2D eigenvalue weighted by molar-refractivity contribution is 7.13. The molecule has 0 fully saturated rings. The Kier molecular flexibility index (Phi) is 5.47. The summed E-state index contributed by atoms with van der Waals surface area (Å²) in [6.45, 7) is 2.86. The summed E-state index contributed by atoms with van der Waals surface area (Å²) in [5.41, 5.74) is 4.75. The van der Waals surface area contributed by atoms with Gasteiger partial charge < -0.3 is 4.42 Å². The maximum absolute atomic E-state index is 5.65. The Morgan fingerprint density at radius 1 is 1.00 bits per heavy atom. The van der Waals surface area contributed by atoms with Gasteiger partial charge >= 0.3 is 0 Å². The molecule has 4 rings (SSSR count). The van der Waals surface area contributed by atoms with Crippen LogP contribution in [-0.4, -0.2) is 4.98 Å². The average Bonchev–Trinajstić information content (AvgIpc) is 3.42. The first-order chi connectivity index (χ1) is 13.3. The summed E-state index contributed by atoms with van der Waals surface area (Å²) in [6.07, 6.45) is 2.77. The van der Waals surface area contributed by atoms with Crippen LogP contribution in [0.3, 0.4) is 0 Å². The van der Waals surface area contributed by atoms with Crippen molar-refractivity contribution in [3.8, 4) is 10.6 Å². The van der Waals surface area contributed by atoms with Gasteiger partial charge in [-0.25, -0.2) is 4.98 Å². The lowest BCUT2D eigenvalue weighted by Gasteiger charge is -2.16. The molecule has 0 aliphatic carbocycles. The first-order valence-electron chi connectivity index (χ1n) is 9.19.